The molecule has 0 aromatic heterocycles. The highest BCUT2D eigenvalue weighted by Crippen LogP contribution is 2.19. The number of benzene rings is 1. The number of nitrogens with two attached hydrogens (primary N) is 1. The van der Waals surface area contributed by atoms with Crippen LogP contribution < -0.4 is 16.2 Å². The van der Waals surface area contributed by atoms with Gasteiger partial charge in [0.2, 0.25) is 5.91 Å². The van der Waals surface area contributed by atoms with Crippen LogP contribution in [0.3, 0.4) is 0 Å². The Bertz CT molecular complexity index is 388. The highest BCUT2D eigenvalue weighted by Gasteiger charge is 2.26. The van der Waals surface area contributed by atoms with Crippen molar-refractivity contribution in [2.75, 3.05) is 18.1 Å². The van der Waals surface area contributed by atoms with Crippen LogP contribution in [-0.4, -0.2) is 19.0 Å². The average molecular weight is 233 g/mol. The highest BCUT2D eigenvalue weighted by atomic mass is 16.2. The fourth-order valence-corrected chi connectivity index (χ4v) is 1.96. The van der Waals surface area contributed by atoms with Crippen molar-refractivity contribution in [3.63, 3.8) is 0 Å². The number of nitrogens with zero attached hydrogens (tertiary/aromatic N) is 1. The van der Waals surface area contributed by atoms with E-state index >= 15 is 0 Å². The molecule has 0 saturated carbocycles. The molecule has 1 heterocycles. The van der Waals surface area contributed by atoms with Crippen LogP contribution in [0.25, 0.3) is 0 Å². The number of hydrogen-bond donors (Lipinski definition) is 2. The molecule has 1 saturated heterocycles. The van der Waals surface area contributed by atoms with Gasteiger partial charge in [-0.2, -0.15) is 0 Å². The van der Waals surface area contributed by atoms with Crippen LogP contribution in [0.2, 0.25) is 0 Å². The zero-order valence-electron chi connectivity index (χ0n) is 10.1. The summed E-state index contributed by atoms with van der Waals surface area (Å²) in [6.07, 6.45) is 2.02. The molecule has 1 aliphatic rings. The third kappa shape index (κ3) is 2.77. The second kappa shape index (κ2) is 5.19. The van der Waals surface area contributed by atoms with E-state index in [0.717, 1.165) is 31.6 Å². The molecule has 0 aliphatic carbocycles. The average Bonchev–Trinajstić information content (AvgIpc) is 2.68. The van der Waals surface area contributed by atoms with Crippen LogP contribution in [0.4, 0.5) is 5.69 Å². The summed E-state index contributed by atoms with van der Waals surface area (Å²) < 4.78 is 0. The topological polar surface area (TPSA) is 58.4 Å². The maximum absolute atomic E-state index is 11.4. The van der Waals surface area contributed by atoms with Gasteiger partial charge in [0.25, 0.3) is 0 Å². The van der Waals surface area contributed by atoms with Crippen molar-refractivity contribution < 1.29 is 4.79 Å². The monoisotopic (exact) mass is 233 g/mol. The Morgan fingerprint density at radius 3 is 2.65 bits per heavy atom. The van der Waals surface area contributed by atoms with Crippen LogP contribution in [0.5, 0.6) is 0 Å². The summed E-state index contributed by atoms with van der Waals surface area (Å²) in [6.45, 7) is 3.40. The molecule has 3 N–H and O–H groups in total. The summed E-state index contributed by atoms with van der Waals surface area (Å²) in [6, 6.07) is 8.29. The van der Waals surface area contributed by atoms with Crippen molar-refractivity contribution in [3.05, 3.63) is 29.8 Å². The molecule has 1 aromatic rings. The van der Waals surface area contributed by atoms with Gasteiger partial charge in [0.1, 0.15) is 0 Å². The number of aryl methyl sites for hydroxylation is 1. The third-order valence-corrected chi connectivity index (χ3v) is 3.07. The van der Waals surface area contributed by atoms with Crippen LogP contribution in [-0.2, 0) is 11.2 Å². The first kappa shape index (κ1) is 11.9. The Kier molecular flexibility index (Phi) is 3.64. The normalized spacial score (nSPS) is 19.5. The second-order valence-corrected chi connectivity index (χ2v) is 4.55. The van der Waals surface area contributed by atoms with E-state index < -0.39 is 0 Å². The summed E-state index contributed by atoms with van der Waals surface area (Å²) >= 11 is 0. The number of anilines is 1. The summed E-state index contributed by atoms with van der Waals surface area (Å²) in [4.78, 5) is 11.4. The first-order chi connectivity index (χ1) is 8.20. The number of carbonyl (C=O) groups is 1. The number of amides is 1. The minimum absolute atomic E-state index is 0.0620. The molecule has 0 bridgehead atoms. The van der Waals surface area contributed by atoms with Crippen molar-refractivity contribution in [2.24, 2.45) is 11.7 Å². The fraction of sp³-hybridized carbons (Fsp3) is 0.462. The maximum atomic E-state index is 11.4. The molecule has 1 atom stereocenters. The van der Waals surface area contributed by atoms with E-state index in [-0.39, 0.29) is 11.8 Å². The van der Waals surface area contributed by atoms with E-state index in [1.165, 1.54) is 5.56 Å². The lowest BCUT2D eigenvalue weighted by atomic mass is 10.1. The standard InChI is InChI=1S/C13H19N3O/c1-10-9-16(15-13(10)17)12-6-4-11(5-7-12)3-2-8-14/h4-7,10H,2-3,8-9,14H2,1H3,(H,15,17). The Labute approximate surface area is 102 Å². The molecule has 1 aromatic carbocycles. The molecular formula is C13H19N3O. The van der Waals surface area contributed by atoms with Crippen molar-refractivity contribution in [2.45, 2.75) is 19.8 Å². The van der Waals surface area contributed by atoms with Crippen LogP contribution >= 0.6 is 0 Å². The SMILES string of the molecule is CC1CN(c2ccc(CCCN)cc2)NC1=O. The molecule has 4 heteroatoms. The summed E-state index contributed by atoms with van der Waals surface area (Å²) in [5.74, 6) is 0.157. The van der Waals surface area contributed by atoms with Crippen molar-refractivity contribution in [3.8, 4) is 0 Å². The van der Waals surface area contributed by atoms with E-state index in [1.54, 1.807) is 0 Å². The van der Waals surface area contributed by atoms with Gasteiger partial charge in [-0.15, -0.1) is 0 Å². The molecule has 17 heavy (non-hydrogen) atoms. The molecule has 92 valence electrons. The Morgan fingerprint density at radius 2 is 2.12 bits per heavy atom. The van der Waals surface area contributed by atoms with Crippen LogP contribution in [0.15, 0.2) is 24.3 Å². The molecule has 1 fully saturated rings. The van der Waals surface area contributed by atoms with Gasteiger partial charge in [-0.05, 0) is 37.1 Å². The number of carbonyl (C=O) groups excluding carboxylic acids is 1. The van der Waals surface area contributed by atoms with Gasteiger partial charge in [-0.1, -0.05) is 19.1 Å². The van der Waals surface area contributed by atoms with E-state index in [9.17, 15) is 4.79 Å². The van der Waals surface area contributed by atoms with Crippen LogP contribution in [0, 0.1) is 5.92 Å². The van der Waals surface area contributed by atoms with Crippen molar-refractivity contribution in [1.29, 1.82) is 0 Å². The van der Waals surface area contributed by atoms with Crippen molar-refractivity contribution >= 4 is 11.6 Å². The second-order valence-electron chi connectivity index (χ2n) is 4.55. The Hall–Kier alpha value is -1.55. The number of rotatable bonds is 4. The van der Waals surface area contributed by atoms with Gasteiger partial charge in [0.05, 0.1) is 18.2 Å². The molecule has 0 spiro atoms. The molecular weight excluding hydrogens is 214 g/mol. The van der Waals surface area contributed by atoms with E-state index in [2.05, 4.69) is 17.6 Å². The first-order valence-electron chi connectivity index (χ1n) is 6.08. The summed E-state index contributed by atoms with van der Waals surface area (Å²) in [5, 5.41) is 1.90. The van der Waals surface area contributed by atoms with Gasteiger partial charge in [0.15, 0.2) is 0 Å². The Balaban J connectivity index is 2.01. The third-order valence-electron chi connectivity index (χ3n) is 3.07. The minimum atomic E-state index is 0.0620. The highest BCUT2D eigenvalue weighted by molar-refractivity contribution is 5.83. The zero-order chi connectivity index (χ0) is 12.3. The van der Waals surface area contributed by atoms with Gasteiger partial charge in [-0.3, -0.25) is 15.2 Å². The molecule has 0 radical (unpaired) electrons. The summed E-state index contributed by atoms with van der Waals surface area (Å²) in [7, 11) is 0. The van der Waals surface area contributed by atoms with Crippen LogP contribution in [0.1, 0.15) is 18.9 Å². The molecule has 1 aliphatic heterocycles. The first-order valence-corrected chi connectivity index (χ1v) is 6.08. The molecule has 2 rings (SSSR count). The van der Waals surface area contributed by atoms with Gasteiger partial charge in [-0.25, -0.2) is 0 Å². The number of hydrazine groups is 1. The van der Waals surface area contributed by atoms with Gasteiger partial charge in [0, 0.05) is 0 Å². The summed E-state index contributed by atoms with van der Waals surface area (Å²) in [5.41, 5.74) is 10.7. The quantitative estimate of drug-likeness (QED) is 0.817. The van der Waals surface area contributed by atoms with Gasteiger partial charge < -0.3 is 5.73 Å². The molecule has 1 unspecified atom stereocenters. The maximum Gasteiger partial charge on any atom is 0.243 e. The van der Waals surface area contributed by atoms with E-state index in [4.69, 9.17) is 5.73 Å². The smallest absolute Gasteiger partial charge is 0.243 e. The van der Waals surface area contributed by atoms with E-state index in [1.807, 2.05) is 24.1 Å². The number of nitrogens with one attached hydrogen (secondary N) is 1. The number of hydrogen-bond acceptors (Lipinski definition) is 3. The predicted octanol–water partition coefficient (Wildman–Crippen LogP) is 1.07. The lowest BCUT2D eigenvalue weighted by molar-refractivity contribution is -0.121. The zero-order valence-corrected chi connectivity index (χ0v) is 10.1. The lowest BCUT2D eigenvalue weighted by Crippen LogP contribution is -2.32. The largest absolute Gasteiger partial charge is 0.330 e. The predicted molar refractivity (Wildman–Crippen MR) is 68.5 cm³/mol. The fourth-order valence-electron chi connectivity index (χ4n) is 1.96. The Morgan fingerprint density at radius 1 is 1.41 bits per heavy atom. The van der Waals surface area contributed by atoms with Gasteiger partial charge >= 0.3 is 0 Å². The van der Waals surface area contributed by atoms with E-state index in [0.29, 0.717) is 0 Å². The molecule has 1 amide bonds. The lowest BCUT2D eigenvalue weighted by Gasteiger charge is -2.17. The molecule has 4 nitrogen and oxygen atoms in total. The minimum Gasteiger partial charge on any atom is -0.330 e. The van der Waals surface area contributed by atoms with Crippen molar-refractivity contribution in [1.82, 2.24) is 5.43 Å².